The van der Waals surface area contributed by atoms with Gasteiger partial charge in [-0.3, -0.25) is 4.79 Å². The normalized spacial score (nSPS) is 17.4. The van der Waals surface area contributed by atoms with Crippen LogP contribution in [0.15, 0.2) is 41.2 Å². The number of hydrogen-bond acceptors (Lipinski definition) is 3. The summed E-state index contributed by atoms with van der Waals surface area (Å²) in [7, 11) is 1.63. The molecule has 0 radical (unpaired) electrons. The number of aromatic amines is 1. The van der Waals surface area contributed by atoms with Crippen LogP contribution in [0.25, 0.3) is 10.8 Å². The molecule has 2 atom stereocenters. The Bertz CT molecular complexity index is 1080. The first-order valence-corrected chi connectivity index (χ1v) is 9.41. The Hall–Kier alpha value is -2.73. The summed E-state index contributed by atoms with van der Waals surface area (Å²) in [5.74, 6) is -1.15. The standard InChI is InChI=1S/C22H22F2N2O2/c1-12(13-6-8-14(28-2)9-7-13)25-19-4-3-5-20-21(19)15-10-17(23)18(24)11-16(15)22(27)26-20/h6-12,19,25H,3-5H2,1-2H3,(H,26,27)/t12-,19-/m1/s1. The SMILES string of the molecule is COc1ccc([C@@H](C)N[C@@H]2CCCc3[nH]c(=O)c4cc(F)c(F)cc4c32)cc1. The first-order valence-electron chi connectivity index (χ1n) is 9.41. The van der Waals surface area contributed by atoms with E-state index in [-0.39, 0.29) is 23.0 Å². The molecule has 0 bridgehead atoms. The summed E-state index contributed by atoms with van der Waals surface area (Å²) in [6.45, 7) is 2.06. The van der Waals surface area contributed by atoms with Gasteiger partial charge in [-0.2, -0.15) is 0 Å². The summed E-state index contributed by atoms with van der Waals surface area (Å²) in [5.41, 5.74) is 2.38. The summed E-state index contributed by atoms with van der Waals surface area (Å²) >= 11 is 0. The van der Waals surface area contributed by atoms with Gasteiger partial charge in [-0.05, 0) is 67.0 Å². The molecule has 1 aliphatic carbocycles. The third kappa shape index (κ3) is 3.29. The van der Waals surface area contributed by atoms with Crippen molar-refractivity contribution < 1.29 is 13.5 Å². The lowest BCUT2D eigenvalue weighted by Crippen LogP contribution is -2.30. The number of methoxy groups -OCH3 is 1. The maximum Gasteiger partial charge on any atom is 0.256 e. The van der Waals surface area contributed by atoms with Crippen LogP contribution in [0.2, 0.25) is 0 Å². The van der Waals surface area contributed by atoms with Gasteiger partial charge in [0.25, 0.3) is 5.56 Å². The van der Waals surface area contributed by atoms with Crippen molar-refractivity contribution in [3.8, 4) is 5.75 Å². The number of nitrogens with one attached hydrogen (secondary N) is 2. The van der Waals surface area contributed by atoms with Gasteiger partial charge in [-0.25, -0.2) is 8.78 Å². The van der Waals surface area contributed by atoms with Gasteiger partial charge in [0.15, 0.2) is 11.6 Å². The predicted molar refractivity (Wildman–Crippen MR) is 105 cm³/mol. The number of hydrogen-bond donors (Lipinski definition) is 2. The van der Waals surface area contributed by atoms with E-state index in [1.165, 1.54) is 0 Å². The molecule has 2 aromatic carbocycles. The maximum absolute atomic E-state index is 14.0. The van der Waals surface area contributed by atoms with Gasteiger partial charge in [0.05, 0.1) is 12.5 Å². The molecule has 6 heteroatoms. The van der Waals surface area contributed by atoms with Gasteiger partial charge in [0.2, 0.25) is 0 Å². The van der Waals surface area contributed by atoms with Crippen LogP contribution in [0.3, 0.4) is 0 Å². The molecule has 0 unspecified atom stereocenters. The number of pyridine rings is 1. The molecule has 1 aromatic heterocycles. The molecule has 0 fully saturated rings. The van der Waals surface area contributed by atoms with Crippen molar-refractivity contribution in [1.29, 1.82) is 0 Å². The zero-order valence-electron chi connectivity index (χ0n) is 15.8. The molecule has 0 saturated heterocycles. The zero-order chi connectivity index (χ0) is 19.8. The molecule has 146 valence electrons. The Balaban J connectivity index is 1.74. The van der Waals surface area contributed by atoms with Crippen molar-refractivity contribution in [2.45, 2.75) is 38.3 Å². The van der Waals surface area contributed by atoms with E-state index in [0.29, 0.717) is 11.8 Å². The van der Waals surface area contributed by atoms with Gasteiger partial charge in [-0.1, -0.05) is 12.1 Å². The first kappa shape index (κ1) is 18.6. The Morgan fingerprint density at radius 3 is 2.50 bits per heavy atom. The van der Waals surface area contributed by atoms with Crippen molar-refractivity contribution in [2.75, 3.05) is 7.11 Å². The molecule has 0 spiro atoms. The van der Waals surface area contributed by atoms with Crippen LogP contribution in [-0.4, -0.2) is 12.1 Å². The quantitative estimate of drug-likeness (QED) is 0.694. The third-order valence-electron chi connectivity index (χ3n) is 5.52. The van der Waals surface area contributed by atoms with Crippen molar-refractivity contribution >= 4 is 10.8 Å². The first-order chi connectivity index (χ1) is 13.5. The second-order valence-corrected chi connectivity index (χ2v) is 7.26. The van der Waals surface area contributed by atoms with Gasteiger partial charge in [-0.15, -0.1) is 0 Å². The number of halogens is 2. The van der Waals surface area contributed by atoms with Crippen LogP contribution in [0.1, 0.15) is 48.7 Å². The lowest BCUT2D eigenvalue weighted by molar-refractivity contribution is 0.408. The van der Waals surface area contributed by atoms with Crippen LogP contribution in [0.5, 0.6) is 5.75 Å². The minimum atomic E-state index is -1.01. The monoisotopic (exact) mass is 384 g/mol. The molecular formula is C22H22F2N2O2. The highest BCUT2D eigenvalue weighted by molar-refractivity contribution is 5.86. The average molecular weight is 384 g/mol. The lowest BCUT2D eigenvalue weighted by Gasteiger charge is -2.30. The van der Waals surface area contributed by atoms with Crippen LogP contribution in [0, 0.1) is 11.6 Å². The zero-order valence-corrected chi connectivity index (χ0v) is 15.8. The van der Waals surface area contributed by atoms with Crippen molar-refractivity contribution in [1.82, 2.24) is 10.3 Å². The molecule has 2 N–H and O–H groups in total. The van der Waals surface area contributed by atoms with Gasteiger partial charge in [0, 0.05) is 17.8 Å². The van der Waals surface area contributed by atoms with E-state index in [0.717, 1.165) is 47.5 Å². The molecule has 3 aromatic rings. The number of H-pyrrole nitrogens is 1. The summed E-state index contributed by atoms with van der Waals surface area (Å²) < 4.78 is 32.9. The number of aromatic nitrogens is 1. The van der Waals surface area contributed by atoms with Crippen LogP contribution < -0.4 is 15.6 Å². The number of aryl methyl sites for hydroxylation is 1. The van der Waals surface area contributed by atoms with Crippen LogP contribution in [-0.2, 0) is 6.42 Å². The summed E-state index contributed by atoms with van der Waals surface area (Å²) in [4.78, 5) is 15.2. The highest BCUT2D eigenvalue weighted by Gasteiger charge is 2.26. The molecule has 0 saturated carbocycles. The third-order valence-corrected chi connectivity index (χ3v) is 5.52. The molecule has 1 aliphatic rings. The fourth-order valence-electron chi connectivity index (χ4n) is 4.07. The maximum atomic E-state index is 14.0. The van der Waals surface area contributed by atoms with Crippen molar-refractivity contribution in [2.24, 2.45) is 0 Å². The van der Waals surface area contributed by atoms with Gasteiger partial charge in [0.1, 0.15) is 5.75 Å². The van der Waals surface area contributed by atoms with E-state index in [9.17, 15) is 13.6 Å². The number of benzene rings is 2. The van der Waals surface area contributed by atoms with E-state index >= 15 is 0 Å². The topological polar surface area (TPSA) is 54.1 Å². The van der Waals surface area contributed by atoms with Crippen molar-refractivity contribution in [3.63, 3.8) is 0 Å². The van der Waals surface area contributed by atoms with Gasteiger partial charge >= 0.3 is 0 Å². The average Bonchev–Trinajstić information content (AvgIpc) is 2.69. The second kappa shape index (κ2) is 7.36. The summed E-state index contributed by atoms with van der Waals surface area (Å²) in [6, 6.07) is 9.93. The predicted octanol–water partition coefficient (Wildman–Crippen LogP) is 4.54. The molecular weight excluding hydrogens is 362 g/mol. The molecule has 1 heterocycles. The lowest BCUT2D eigenvalue weighted by atomic mass is 9.87. The molecule has 4 nitrogen and oxygen atoms in total. The highest BCUT2D eigenvalue weighted by Crippen LogP contribution is 2.35. The van der Waals surface area contributed by atoms with E-state index < -0.39 is 11.6 Å². The Kier molecular flexibility index (Phi) is 4.89. The number of fused-ring (bicyclic) bond motifs is 3. The molecule has 4 rings (SSSR count). The summed E-state index contributed by atoms with van der Waals surface area (Å²) in [6.07, 6.45) is 2.48. The minimum absolute atomic E-state index is 0.0362. The van der Waals surface area contributed by atoms with Crippen LogP contribution in [0.4, 0.5) is 8.78 Å². The Morgan fingerprint density at radius 1 is 1.14 bits per heavy atom. The largest absolute Gasteiger partial charge is 0.497 e. The van der Waals surface area contributed by atoms with E-state index in [1.807, 2.05) is 24.3 Å². The molecule has 28 heavy (non-hydrogen) atoms. The van der Waals surface area contributed by atoms with E-state index in [4.69, 9.17) is 4.74 Å². The number of ether oxygens (including phenoxy) is 1. The summed E-state index contributed by atoms with van der Waals surface area (Å²) in [5, 5.41) is 4.26. The van der Waals surface area contributed by atoms with Crippen LogP contribution >= 0.6 is 0 Å². The van der Waals surface area contributed by atoms with E-state index in [1.54, 1.807) is 7.11 Å². The van der Waals surface area contributed by atoms with Gasteiger partial charge < -0.3 is 15.0 Å². The Morgan fingerprint density at radius 2 is 1.82 bits per heavy atom. The van der Waals surface area contributed by atoms with E-state index in [2.05, 4.69) is 17.2 Å². The highest BCUT2D eigenvalue weighted by atomic mass is 19.2. The Labute approximate surface area is 161 Å². The fourth-order valence-corrected chi connectivity index (χ4v) is 4.07. The minimum Gasteiger partial charge on any atom is -0.497 e. The number of rotatable bonds is 4. The smallest absolute Gasteiger partial charge is 0.256 e. The molecule has 0 aliphatic heterocycles. The second-order valence-electron chi connectivity index (χ2n) is 7.26. The van der Waals surface area contributed by atoms with Crippen molar-refractivity contribution in [3.05, 3.63) is 75.2 Å². The molecule has 0 amide bonds. The fraction of sp³-hybridized carbons (Fsp3) is 0.318.